The number of rotatable bonds is 8. The number of aliphatic hydroxyl groups is 1. The molecule has 0 aliphatic carbocycles. The second-order valence-corrected chi connectivity index (χ2v) is 10.5. The van der Waals surface area contributed by atoms with Gasteiger partial charge in [-0.2, -0.15) is 0 Å². The number of hydrogen-bond acceptors (Lipinski definition) is 6. The van der Waals surface area contributed by atoms with Crippen molar-refractivity contribution in [1.29, 1.82) is 0 Å². The van der Waals surface area contributed by atoms with Gasteiger partial charge in [0, 0.05) is 6.26 Å². The van der Waals surface area contributed by atoms with Crippen LogP contribution in [0.2, 0.25) is 0 Å². The standard InChI is InChI=1S/C24H29NO7S/c1-24(2,3)32-23(29)25(15-22(27)28)14-20(21(16-26)17-8-6-5-7-9-17)18-10-12-19(13-11-18)33(4,30)31/h5-13,26H,14-16H2,1-4H3,(H,27,28)/b21-20-. The van der Waals surface area contributed by atoms with Gasteiger partial charge < -0.3 is 14.9 Å². The van der Waals surface area contributed by atoms with Gasteiger partial charge in [-0.25, -0.2) is 13.2 Å². The topological polar surface area (TPSA) is 121 Å². The van der Waals surface area contributed by atoms with E-state index in [0.717, 1.165) is 11.2 Å². The molecule has 0 aliphatic heterocycles. The molecule has 0 spiro atoms. The number of amides is 1. The minimum Gasteiger partial charge on any atom is -0.480 e. The highest BCUT2D eigenvalue weighted by Crippen LogP contribution is 2.28. The summed E-state index contributed by atoms with van der Waals surface area (Å²) >= 11 is 0. The average Bonchev–Trinajstić information content (AvgIpc) is 2.71. The minimum atomic E-state index is -3.42. The number of ether oxygens (including phenoxy) is 1. The molecule has 0 bridgehead atoms. The lowest BCUT2D eigenvalue weighted by Gasteiger charge is -2.28. The Kier molecular flexibility index (Phi) is 8.40. The first-order valence-electron chi connectivity index (χ1n) is 10.2. The summed E-state index contributed by atoms with van der Waals surface area (Å²) < 4.78 is 29.1. The van der Waals surface area contributed by atoms with E-state index in [1.54, 1.807) is 57.2 Å². The number of hydrogen-bond donors (Lipinski definition) is 2. The molecule has 0 unspecified atom stereocenters. The number of carboxylic acid groups (broad SMARTS) is 1. The first-order valence-corrected chi connectivity index (χ1v) is 12.1. The van der Waals surface area contributed by atoms with Gasteiger partial charge in [0.05, 0.1) is 18.0 Å². The Morgan fingerprint density at radius 2 is 1.45 bits per heavy atom. The van der Waals surface area contributed by atoms with Crippen LogP contribution in [0.4, 0.5) is 4.79 Å². The van der Waals surface area contributed by atoms with Crippen LogP contribution in [0.5, 0.6) is 0 Å². The van der Waals surface area contributed by atoms with E-state index in [0.29, 0.717) is 22.3 Å². The largest absolute Gasteiger partial charge is 0.480 e. The zero-order chi connectivity index (χ0) is 24.8. The maximum Gasteiger partial charge on any atom is 0.411 e. The Labute approximate surface area is 194 Å². The SMILES string of the molecule is CC(C)(C)OC(=O)N(CC(=O)O)C/C(=C(\CO)c1ccccc1)c1ccc(S(C)(=O)=O)cc1. The highest BCUT2D eigenvalue weighted by molar-refractivity contribution is 7.90. The number of benzene rings is 2. The summed E-state index contributed by atoms with van der Waals surface area (Å²) in [6.45, 7) is 3.84. The van der Waals surface area contributed by atoms with Gasteiger partial charge in [0.25, 0.3) is 0 Å². The van der Waals surface area contributed by atoms with Crippen LogP contribution in [0.1, 0.15) is 31.9 Å². The minimum absolute atomic E-state index is 0.116. The van der Waals surface area contributed by atoms with Crippen molar-refractivity contribution in [2.75, 3.05) is 26.0 Å². The molecule has 0 aliphatic rings. The third-order valence-corrected chi connectivity index (χ3v) is 5.73. The van der Waals surface area contributed by atoms with Crippen molar-refractivity contribution in [3.63, 3.8) is 0 Å². The molecular weight excluding hydrogens is 446 g/mol. The van der Waals surface area contributed by atoms with E-state index < -0.39 is 34.0 Å². The van der Waals surface area contributed by atoms with Gasteiger partial charge in [-0.05, 0) is 55.2 Å². The summed E-state index contributed by atoms with van der Waals surface area (Å²) in [5.74, 6) is -1.22. The quantitative estimate of drug-likeness (QED) is 0.562. The highest BCUT2D eigenvalue weighted by Gasteiger charge is 2.26. The van der Waals surface area contributed by atoms with Crippen LogP contribution in [0.3, 0.4) is 0 Å². The Hall–Kier alpha value is -3.17. The molecule has 0 fully saturated rings. The van der Waals surface area contributed by atoms with Gasteiger partial charge in [0.15, 0.2) is 9.84 Å². The molecule has 0 atom stereocenters. The molecule has 0 saturated heterocycles. The second kappa shape index (κ2) is 10.6. The highest BCUT2D eigenvalue weighted by atomic mass is 32.2. The number of carbonyl (C=O) groups excluding carboxylic acids is 1. The second-order valence-electron chi connectivity index (χ2n) is 8.51. The maximum atomic E-state index is 12.8. The van der Waals surface area contributed by atoms with Crippen molar-refractivity contribution in [3.05, 3.63) is 65.7 Å². The summed E-state index contributed by atoms with van der Waals surface area (Å²) in [6.07, 6.45) is 0.277. The predicted molar refractivity (Wildman–Crippen MR) is 125 cm³/mol. The molecule has 0 saturated carbocycles. The molecule has 2 rings (SSSR count). The molecule has 0 aromatic heterocycles. The van der Waals surface area contributed by atoms with Gasteiger partial charge in [-0.15, -0.1) is 0 Å². The Bertz CT molecular complexity index is 1120. The average molecular weight is 476 g/mol. The lowest BCUT2D eigenvalue weighted by molar-refractivity contribution is -0.138. The number of aliphatic hydroxyl groups excluding tert-OH is 1. The summed E-state index contributed by atoms with van der Waals surface area (Å²) in [7, 11) is -3.42. The maximum absolute atomic E-state index is 12.8. The monoisotopic (exact) mass is 475 g/mol. The van der Waals surface area contributed by atoms with Gasteiger partial charge in [0.1, 0.15) is 12.1 Å². The van der Waals surface area contributed by atoms with E-state index in [2.05, 4.69) is 0 Å². The van der Waals surface area contributed by atoms with Gasteiger partial charge in [-0.3, -0.25) is 9.69 Å². The number of nitrogens with zero attached hydrogens (tertiary/aromatic N) is 1. The summed E-state index contributed by atoms with van der Waals surface area (Å²) in [5, 5.41) is 19.6. The normalized spacial score (nSPS) is 12.6. The van der Waals surface area contributed by atoms with Crippen molar-refractivity contribution in [3.8, 4) is 0 Å². The van der Waals surface area contributed by atoms with Crippen molar-refractivity contribution in [1.82, 2.24) is 4.90 Å². The van der Waals surface area contributed by atoms with Crippen molar-refractivity contribution >= 4 is 33.0 Å². The van der Waals surface area contributed by atoms with Crippen LogP contribution in [0.25, 0.3) is 11.1 Å². The van der Waals surface area contributed by atoms with Crippen molar-refractivity contribution < 1.29 is 33.0 Å². The van der Waals surface area contributed by atoms with E-state index >= 15 is 0 Å². The van der Waals surface area contributed by atoms with Crippen molar-refractivity contribution in [2.45, 2.75) is 31.3 Å². The Balaban J connectivity index is 2.63. The molecule has 178 valence electrons. The van der Waals surface area contributed by atoms with Gasteiger partial charge in [0.2, 0.25) is 0 Å². The Morgan fingerprint density at radius 1 is 0.909 bits per heavy atom. The van der Waals surface area contributed by atoms with Gasteiger partial charge >= 0.3 is 12.1 Å². The number of sulfone groups is 1. The van der Waals surface area contributed by atoms with E-state index in [9.17, 15) is 28.2 Å². The van der Waals surface area contributed by atoms with Crippen LogP contribution in [0.15, 0.2) is 59.5 Å². The third-order valence-electron chi connectivity index (χ3n) is 4.60. The molecule has 9 heteroatoms. The molecule has 1 amide bonds. The van der Waals surface area contributed by atoms with Crippen LogP contribution >= 0.6 is 0 Å². The zero-order valence-corrected chi connectivity index (χ0v) is 19.9. The third kappa shape index (κ3) is 7.73. The summed E-state index contributed by atoms with van der Waals surface area (Å²) in [6, 6.07) is 15.0. The first-order chi connectivity index (χ1) is 15.3. The molecular formula is C24H29NO7S. The fourth-order valence-corrected chi connectivity index (χ4v) is 3.76. The van der Waals surface area contributed by atoms with E-state index in [4.69, 9.17) is 4.74 Å². The van der Waals surface area contributed by atoms with E-state index in [1.807, 2.05) is 6.07 Å². The molecule has 0 radical (unpaired) electrons. The Morgan fingerprint density at radius 3 is 1.91 bits per heavy atom. The fraction of sp³-hybridized carbons (Fsp3) is 0.333. The molecule has 2 aromatic rings. The van der Waals surface area contributed by atoms with E-state index in [-0.39, 0.29) is 18.0 Å². The lowest BCUT2D eigenvalue weighted by Crippen LogP contribution is -2.40. The van der Waals surface area contributed by atoms with Crippen LogP contribution in [-0.4, -0.2) is 67.1 Å². The van der Waals surface area contributed by atoms with Crippen molar-refractivity contribution in [2.24, 2.45) is 0 Å². The van der Waals surface area contributed by atoms with Crippen LogP contribution in [-0.2, 0) is 19.4 Å². The molecule has 8 nitrogen and oxygen atoms in total. The zero-order valence-electron chi connectivity index (χ0n) is 19.1. The van der Waals surface area contributed by atoms with Crippen LogP contribution < -0.4 is 0 Å². The molecule has 2 N–H and O–H groups in total. The number of aliphatic carboxylic acids is 1. The summed E-state index contributed by atoms with van der Waals surface area (Å²) in [5.41, 5.74) is 1.32. The summed E-state index contributed by atoms with van der Waals surface area (Å²) in [4.78, 5) is 25.4. The molecule has 0 heterocycles. The smallest absolute Gasteiger partial charge is 0.411 e. The van der Waals surface area contributed by atoms with Gasteiger partial charge in [-0.1, -0.05) is 42.5 Å². The molecule has 2 aromatic carbocycles. The van der Waals surface area contributed by atoms with Crippen LogP contribution in [0, 0.1) is 0 Å². The lowest BCUT2D eigenvalue weighted by atomic mass is 9.94. The first kappa shape index (κ1) is 26.1. The predicted octanol–water partition coefficient (Wildman–Crippen LogP) is 3.31. The number of carboxylic acids is 1. The fourth-order valence-electron chi connectivity index (χ4n) is 3.13. The molecule has 33 heavy (non-hydrogen) atoms. The number of carbonyl (C=O) groups is 2. The van der Waals surface area contributed by atoms with E-state index in [1.165, 1.54) is 12.1 Å².